The SMILES string of the molecule is CCN1C(=O)/C(=C/c2cc(Cl)c(OCc3ccccc3Cl)c(Br)c2)SC1=S. The van der Waals surface area contributed by atoms with Crippen molar-refractivity contribution in [3.63, 3.8) is 0 Å². The van der Waals surface area contributed by atoms with Crippen molar-refractivity contribution in [3.05, 3.63) is 66.9 Å². The fourth-order valence-corrected chi connectivity index (χ4v) is 5.05. The molecule has 8 heteroatoms. The molecular formula is C19H14BrCl2NO2S2. The molecule has 0 aromatic heterocycles. The summed E-state index contributed by atoms with van der Waals surface area (Å²) in [5.74, 6) is 0.439. The predicted octanol–water partition coefficient (Wildman–Crippen LogP) is 6.56. The third kappa shape index (κ3) is 4.69. The lowest BCUT2D eigenvalue weighted by Gasteiger charge is -2.12. The van der Waals surface area contributed by atoms with E-state index in [1.54, 1.807) is 17.0 Å². The Balaban J connectivity index is 1.81. The van der Waals surface area contributed by atoms with E-state index in [0.717, 1.165) is 11.1 Å². The van der Waals surface area contributed by atoms with E-state index in [2.05, 4.69) is 15.9 Å². The van der Waals surface area contributed by atoms with E-state index >= 15 is 0 Å². The van der Waals surface area contributed by atoms with Crippen molar-refractivity contribution in [2.45, 2.75) is 13.5 Å². The number of likely N-dealkylation sites (N-methyl/N-ethyl adjacent to an activating group) is 1. The average molecular weight is 503 g/mol. The van der Waals surface area contributed by atoms with E-state index < -0.39 is 0 Å². The lowest BCUT2D eigenvalue weighted by atomic mass is 10.2. The normalized spacial score (nSPS) is 15.7. The minimum Gasteiger partial charge on any atom is -0.486 e. The maximum Gasteiger partial charge on any atom is 0.266 e. The summed E-state index contributed by atoms with van der Waals surface area (Å²) >= 11 is 22.6. The van der Waals surface area contributed by atoms with Crippen LogP contribution in [0.5, 0.6) is 5.75 Å². The third-order valence-corrected chi connectivity index (χ3v) is 6.45. The van der Waals surface area contributed by atoms with E-state index in [1.165, 1.54) is 11.8 Å². The van der Waals surface area contributed by atoms with Crippen LogP contribution < -0.4 is 4.74 Å². The van der Waals surface area contributed by atoms with Gasteiger partial charge < -0.3 is 4.74 Å². The van der Waals surface area contributed by atoms with Crippen molar-refractivity contribution in [2.75, 3.05) is 6.54 Å². The summed E-state index contributed by atoms with van der Waals surface area (Å²) in [5.41, 5.74) is 1.66. The van der Waals surface area contributed by atoms with Gasteiger partial charge in [-0.2, -0.15) is 0 Å². The summed E-state index contributed by atoms with van der Waals surface area (Å²) in [6, 6.07) is 11.1. The molecule has 2 aromatic rings. The molecule has 1 saturated heterocycles. The fourth-order valence-electron chi connectivity index (χ4n) is 2.49. The van der Waals surface area contributed by atoms with Gasteiger partial charge in [0.15, 0.2) is 5.75 Å². The molecule has 0 saturated carbocycles. The molecule has 0 radical (unpaired) electrons. The van der Waals surface area contributed by atoms with Crippen LogP contribution in [0, 0.1) is 0 Å². The van der Waals surface area contributed by atoms with Gasteiger partial charge in [-0.25, -0.2) is 0 Å². The van der Waals surface area contributed by atoms with Crippen LogP contribution in [0.1, 0.15) is 18.1 Å². The molecule has 1 aliphatic rings. The standard InChI is InChI=1S/C19H14BrCl2NO2S2/c1-2-23-18(24)16(27-19(23)26)9-11-7-13(20)17(15(22)8-11)25-10-12-5-3-4-6-14(12)21/h3-9H,2,10H2,1H3/b16-9-. The minimum absolute atomic E-state index is 0.0845. The summed E-state index contributed by atoms with van der Waals surface area (Å²) < 4.78 is 7.11. The van der Waals surface area contributed by atoms with E-state index in [0.29, 0.717) is 42.6 Å². The average Bonchev–Trinajstić information content (AvgIpc) is 2.88. The van der Waals surface area contributed by atoms with Gasteiger partial charge >= 0.3 is 0 Å². The highest BCUT2D eigenvalue weighted by Crippen LogP contribution is 2.38. The molecule has 0 bridgehead atoms. The first-order valence-electron chi connectivity index (χ1n) is 8.01. The van der Waals surface area contributed by atoms with Crippen molar-refractivity contribution in [3.8, 4) is 5.75 Å². The first kappa shape index (κ1) is 20.7. The zero-order valence-corrected chi connectivity index (χ0v) is 18.9. The Hall–Kier alpha value is -1.05. The summed E-state index contributed by atoms with van der Waals surface area (Å²) in [6.45, 7) is 2.75. The van der Waals surface area contributed by atoms with Gasteiger partial charge in [0.25, 0.3) is 5.91 Å². The lowest BCUT2D eigenvalue weighted by Crippen LogP contribution is -2.27. The number of hydrogen-bond acceptors (Lipinski definition) is 4. The second kappa shape index (κ2) is 8.97. The summed E-state index contributed by atoms with van der Waals surface area (Å²) in [5, 5.41) is 1.08. The van der Waals surface area contributed by atoms with Gasteiger partial charge in [-0.05, 0) is 52.7 Å². The van der Waals surface area contributed by atoms with Gasteiger partial charge in [-0.3, -0.25) is 9.69 Å². The lowest BCUT2D eigenvalue weighted by molar-refractivity contribution is -0.121. The molecule has 3 nitrogen and oxygen atoms in total. The maximum atomic E-state index is 12.3. The maximum absolute atomic E-state index is 12.3. The van der Waals surface area contributed by atoms with Gasteiger partial charge in [0.05, 0.1) is 14.4 Å². The molecule has 0 atom stereocenters. The third-order valence-electron chi connectivity index (χ3n) is 3.84. The first-order chi connectivity index (χ1) is 12.9. The van der Waals surface area contributed by atoms with Gasteiger partial charge in [-0.15, -0.1) is 0 Å². The summed E-state index contributed by atoms with van der Waals surface area (Å²) in [4.78, 5) is 14.5. The van der Waals surface area contributed by atoms with E-state index in [1.807, 2.05) is 37.3 Å². The minimum atomic E-state index is -0.0845. The number of thioether (sulfide) groups is 1. The van der Waals surface area contributed by atoms with Crippen molar-refractivity contribution in [1.29, 1.82) is 0 Å². The van der Waals surface area contributed by atoms with Gasteiger partial charge in [0, 0.05) is 17.1 Å². The zero-order chi connectivity index (χ0) is 19.6. The van der Waals surface area contributed by atoms with Crippen LogP contribution in [0.4, 0.5) is 0 Å². The van der Waals surface area contributed by atoms with Crippen LogP contribution in [-0.4, -0.2) is 21.7 Å². The van der Waals surface area contributed by atoms with Crippen molar-refractivity contribution < 1.29 is 9.53 Å². The Morgan fingerprint density at radius 2 is 2.00 bits per heavy atom. The van der Waals surface area contributed by atoms with Crippen molar-refractivity contribution >= 4 is 79.4 Å². The van der Waals surface area contributed by atoms with E-state index in [9.17, 15) is 4.79 Å². The van der Waals surface area contributed by atoms with Gasteiger partial charge in [0.2, 0.25) is 0 Å². The smallest absolute Gasteiger partial charge is 0.266 e. The molecule has 27 heavy (non-hydrogen) atoms. The van der Waals surface area contributed by atoms with Crippen LogP contribution >= 0.6 is 63.1 Å². The quantitative estimate of drug-likeness (QED) is 0.342. The molecule has 2 aromatic carbocycles. The highest BCUT2D eigenvalue weighted by Gasteiger charge is 2.30. The number of thiocarbonyl (C=S) groups is 1. The zero-order valence-electron chi connectivity index (χ0n) is 14.2. The Morgan fingerprint density at radius 1 is 1.26 bits per heavy atom. The van der Waals surface area contributed by atoms with Crippen LogP contribution in [0.2, 0.25) is 10.0 Å². The molecule has 1 aliphatic heterocycles. The van der Waals surface area contributed by atoms with E-state index in [-0.39, 0.29) is 5.91 Å². The number of amides is 1. The monoisotopic (exact) mass is 501 g/mol. The van der Waals surface area contributed by atoms with Gasteiger partial charge in [0.1, 0.15) is 10.9 Å². The number of carbonyl (C=O) groups is 1. The summed E-state index contributed by atoms with van der Waals surface area (Å²) in [6.07, 6.45) is 1.78. The van der Waals surface area contributed by atoms with Crippen LogP contribution in [0.25, 0.3) is 6.08 Å². The highest BCUT2D eigenvalue weighted by atomic mass is 79.9. The number of ether oxygens (including phenoxy) is 1. The molecule has 3 rings (SSSR count). The molecule has 1 fully saturated rings. The predicted molar refractivity (Wildman–Crippen MR) is 120 cm³/mol. The molecule has 140 valence electrons. The van der Waals surface area contributed by atoms with Gasteiger partial charge in [-0.1, -0.05) is 65.4 Å². The number of benzene rings is 2. The van der Waals surface area contributed by atoms with Crippen molar-refractivity contribution in [1.82, 2.24) is 4.90 Å². The number of rotatable bonds is 5. The van der Waals surface area contributed by atoms with E-state index in [4.69, 9.17) is 40.2 Å². The van der Waals surface area contributed by atoms with Crippen molar-refractivity contribution in [2.24, 2.45) is 0 Å². The first-order valence-corrected chi connectivity index (χ1v) is 10.8. The topological polar surface area (TPSA) is 29.5 Å². The fraction of sp³-hybridized carbons (Fsp3) is 0.158. The Kier molecular flexibility index (Phi) is 6.87. The van der Waals surface area contributed by atoms with Crippen LogP contribution in [-0.2, 0) is 11.4 Å². The highest BCUT2D eigenvalue weighted by molar-refractivity contribution is 9.10. The number of hydrogen-bond donors (Lipinski definition) is 0. The summed E-state index contributed by atoms with van der Waals surface area (Å²) in [7, 11) is 0. The number of nitrogens with zero attached hydrogens (tertiary/aromatic N) is 1. The molecule has 0 N–H and O–H groups in total. The molecule has 0 aliphatic carbocycles. The second-order valence-electron chi connectivity index (χ2n) is 5.62. The number of carbonyl (C=O) groups excluding carboxylic acids is 1. The molecule has 1 amide bonds. The Labute approximate surface area is 185 Å². The van der Waals surface area contributed by atoms with Crippen LogP contribution in [0.15, 0.2) is 45.8 Å². The van der Waals surface area contributed by atoms with Crippen LogP contribution in [0.3, 0.4) is 0 Å². The molecule has 0 spiro atoms. The Bertz CT molecular complexity index is 926. The largest absolute Gasteiger partial charge is 0.486 e. The molecular weight excluding hydrogens is 489 g/mol. The molecule has 0 unspecified atom stereocenters. The Morgan fingerprint density at radius 3 is 2.63 bits per heavy atom. The number of halogens is 3. The second-order valence-corrected chi connectivity index (χ2v) is 8.96. The molecule has 1 heterocycles.